The summed E-state index contributed by atoms with van der Waals surface area (Å²) in [7, 11) is -17.2. The Kier molecular flexibility index (Phi) is 27.9. The Labute approximate surface area is 563 Å². The fourth-order valence-corrected chi connectivity index (χ4v) is 16.3. The lowest BCUT2D eigenvalue weighted by atomic mass is 9.76. The van der Waals surface area contributed by atoms with Gasteiger partial charge < -0.3 is 48.3 Å². The fraction of sp³-hybridized carbons (Fsp3) is 0.403. The number of methoxy groups -OCH3 is 2. The van der Waals surface area contributed by atoms with E-state index in [-0.39, 0.29) is 77.5 Å². The summed E-state index contributed by atoms with van der Waals surface area (Å²) in [5.74, 6) is -2.55. The van der Waals surface area contributed by atoms with Gasteiger partial charge in [-0.1, -0.05) is 78.9 Å². The van der Waals surface area contributed by atoms with Crippen LogP contribution < -0.4 is 31.4 Å². The van der Waals surface area contributed by atoms with E-state index in [1.54, 1.807) is 69.5 Å². The number of rotatable bonds is 39. The van der Waals surface area contributed by atoms with Crippen molar-refractivity contribution >= 4 is 99.2 Å². The number of carbonyl (C=O) groups excluding carboxylic acids is 3. The topological polar surface area (TPSA) is 351 Å². The summed E-state index contributed by atoms with van der Waals surface area (Å²) in [6, 6.07) is 32.3. The number of esters is 1. The van der Waals surface area contributed by atoms with E-state index >= 15 is 0 Å². The van der Waals surface area contributed by atoms with Crippen molar-refractivity contribution in [3.8, 4) is 0 Å². The van der Waals surface area contributed by atoms with Gasteiger partial charge in [-0.2, -0.15) is 21.4 Å². The first-order chi connectivity index (χ1) is 45.6. The Morgan fingerprint density at radius 2 is 1.24 bits per heavy atom. The molecular formula is C67H82N4O20PS4-. The van der Waals surface area contributed by atoms with Gasteiger partial charge in [-0.25, -0.2) is 21.6 Å². The predicted octanol–water partition coefficient (Wildman–Crippen LogP) is 6.31. The van der Waals surface area contributed by atoms with E-state index in [0.717, 1.165) is 10.6 Å². The predicted molar refractivity (Wildman–Crippen MR) is 363 cm³/mol. The first-order valence-corrected chi connectivity index (χ1v) is 38.5. The molecule has 0 aliphatic carbocycles. The van der Waals surface area contributed by atoms with Gasteiger partial charge in [0.1, 0.15) is 16.7 Å². The van der Waals surface area contributed by atoms with Crippen molar-refractivity contribution in [3.63, 3.8) is 0 Å². The van der Waals surface area contributed by atoms with Crippen molar-refractivity contribution in [2.24, 2.45) is 0 Å². The molecule has 2 aliphatic rings. The van der Waals surface area contributed by atoms with Crippen molar-refractivity contribution in [2.45, 2.75) is 85.8 Å². The van der Waals surface area contributed by atoms with E-state index in [1.807, 2.05) is 70.1 Å². The Morgan fingerprint density at radius 1 is 0.635 bits per heavy atom. The average Bonchev–Trinajstić information content (AvgIpc) is 1.58. The van der Waals surface area contributed by atoms with Crippen LogP contribution in [0.25, 0.3) is 0 Å². The second-order valence-electron chi connectivity index (χ2n) is 23.2. The highest BCUT2D eigenvalue weighted by atomic mass is 32.2. The zero-order valence-electron chi connectivity index (χ0n) is 53.9. The molecule has 24 nitrogen and oxygen atoms in total. The number of allylic oxidation sites excluding steroid dienone is 6. The number of nitrogens with one attached hydrogen (secondary N) is 2. The molecule has 0 aromatic heterocycles. The van der Waals surface area contributed by atoms with Crippen LogP contribution in [0.3, 0.4) is 0 Å². The maximum atomic E-state index is 13.6. The summed E-state index contributed by atoms with van der Waals surface area (Å²) in [4.78, 5) is 40.9. The van der Waals surface area contributed by atoms with E-state index in [4.69, 9.17) is 23.7 Å². The highest BCUT2D eigenvalue weighted by molar-refractivity contribution is 7.86. The normalized spacial score (nSPS) is 17.1. The average molecular weight is 1420 g/mol. The monoisotopic (exact) mass is 1420 g/mol. The third kappa shape index (κ3) is 21.3. The molecule has 96 heavy (non-hydrogen) atoms. The molecule has 520 valence electrons. The summed E-state index contributed by atoms with van der Waals surface area (Å²) < 4.78 is 171. The number of ether oxygens (including phenoxy) is 5. The van der Waals surface area contributed by atoms with Crippen molar-refractivity contribution < 1.29 is 94.5 Å². The van der Waals surface area contributed by atoms with Crippen molar-refractivity contribution in [1.82, 2.24) is 10.6 Å². The molecular weight excluding hydrogens is 1340 g/mol. The van der Waals surface area contributed by atoms with Crippen LogP contribution in [0.2, 0.25) is 0 Å². The minimum Gasteiger partial charge on any atom is -0.748 e. The lowest BCUT2D eigenvalue weighted by Crippen LogP contribution is -2.35. The van der Waals surface area contributed by atoms with Crippen molar-refractivity contribution in [3.05, 3.63) is 174 Å². The smallest absolute Gasteiger partial charge is 0.338 e. The van der Waals surface area contributed by atoms with Crippen molar-refractivity contribution in [1.29, 1.82) is 0 Å². The number of nitrogens with zero attached hydrogens (tertiary/aromatic N) is 2. The zero-order chi connectivity index (χ0) is 69.7. The molecule has 2 heterocycles. The minimum absolute atomic E-state index is 0.0268. The van der Waals surface area contributed by atoms with Crippen LogP contribution in [-0.2, 0) is 79.8 Å². The quantitative estimate of drug-likeness (QED) is 0.00836. The Balaban J connectivity index is 1.08. The summed E-state index contributed by atoms with van der Waals surface area (Å²) in [5.41, 5.74) is 1.39. The van der Waals surface area contributed by atoms with Gasteiger partial charge in [0.2, 0.25) is 11.6 Å². The first-order valence-electron chi connectivity index (χ1n) is 31.1. The highest BCUT2D eigenvalue weighted by Gasteiger charge is 2.48. The third-order valence-electron chi connectivity index (χ3n) is 16.5. The minimum atomic E-state index is -4.99. The summed E-state index contributed by atoms with van der Waals surface area (Å²) in [6.45, 7) is 6.43. The number of fused-ring (bicyclic) bond motifs is 2. The summed E-state index contributed by atoms with van der Waals surface area (Å²) in [5, 5.41) is 8.28. The summed E-state index contributed by atoms with van der Waals surface area (Å²) >= 11 is 0. The van der Waals surface area contributed by atoms with E-state index in [2.05, 4.69) is 10.6 Å². The molecule has 0 saturated heterocycles. The maximum absolute atomic E-state index is 13.6. The molecule has 0 saturated carbocycles. The lowest BCUT2D eigenvalue weighted by Gasteiger charge is -2.30. The van der Waals surface area contributed by atoms with Gasteiger partial charge in [0.05, 0.1) is 90.0 Å². The van der Waals surface area contributed by atoms with Gasteiger partial charge in [0.15, 0.2) is 5.71 Å². The SMILES string of the molecule is COCCOCCOCCOCCN1C(=CC=CC=CC2=[N+](CCCCCC(=O)NCCNC(=O)c3ccc(C(=O)OC)c(P(c4ccccc4)c4ccccc4)c3)c3ccc(S(=O)(=O)[O-])cc3C2(C)CCCS(=O)(=O)[O-])C(C)(CCCS(=O)(=O)O)c2cc(S(=O)(=O)O)ccc21. The van der Waals surface area contributed by atoms with Crippen LogP contribution in [0, 0.1) is 0 Å². The molecule has 2 atom stereocenters. The number of carbonyl (C=O) groups is 3. The van der Waals surface area contributed by atoms with Crippen LogP contribution in [0.4, 0.5) is 11.4 Å². The molecule has 29 heteroatoms. The second kappa shape index (κ2) is 35.1. The summed E-state index contributed by atoms with van der Waals surface area (Å²) in [6.07, 6.45) is 10.0. The van der Waals surface area contributed by atoms with E-state index in [0.29, 0.717) is 103 Å². The number of hydrogen-bond acceptors (Lipinski definition) is 19. The van der Waals surface area contributed by atoms with E-state index < -0.39 is 92.4 Å². The van der Waals surface area contributed by atoms with E-state index in [9.17, 15) is 66.3 Å². The van der Waals surface area contributed by atoms with Gasteiger partial charge in [0.25, 0.3) is 26.1 Å². The van der Waals surface area contributed by atoms with Crippen LogP contribution >= 0.6 is 7.92 Å². The first kappa shape index (κ1) is 76.5. The second-order valence-corrected chi connectivity index (χ2v) is 31.2. The number of amides is 2. The number of anilines is 1. The van der Waals surface area contributed by atoms with Crippen LogP contribution in [-0.4, -0.2) is 178 Å². The van der Waals surface area contributed by atoms with Crippen LogP contribution in [0.15, 0.2) is 161 Å². The van der Waals surface area contributed by atoms with Gasteiger partial charge >= 0.3 is 5.97 Å². The molecule has 0 bridgehead atoms. The molecule has 4 N–H and O–H groups in total. The molecule has 5 aromatic carbocycles. The molecule has 2 aliphatic heterocycles. The zero-order valence-corrected chi connectivity index (χ0v) is 58.1. The number of unbranched alkanes of at least 4 members (excludes halogenated alkanes) is 2. The molecule has 0 fully saturated rings. The number of hydrogen-bond donors (Lipinski definition) is 4. The highest BCUT2D eigenvalue weighted by Crippen LogP contribution is 2.51. The van der Waals surface area contributed by atoms with Gasteiger partial charge in [0, 0.05) is 90.7 Å². The van der Waals surface area contributed by atoms with Crippen LogP contribution in [0.5, 0.6) is 0 Å². The molecule has 2 amide bonds. The molecule has 0 radical (unpaired) electrons. The Hall–Kier alpha value is -6.89. The molecule has 2 unspecified atom stereocenters. The fourth-order valence-electron chi connectivity index (χ4n) is 11.8. The third-order valence-corrected chi connectivity index (χ3v) is 22.2. The van der Waals surface area contributed by atoms with Gasteiger partial charge in [-0.3, -0.25) is 18.7 Å². The lowest BCUT2D eigenvalue weighted by molar-refractivity contribution is -0.438. The Bertz CT molecular complexity index is 4100. The van der Waals surface area contributed by atoms with Crippen LogP contribution in [0.1, 0.15) is 97.1 Å². The Morgan fingerprint density at radius 3 is 1.85 bits per heavy atom. The van der Waals surface area contributed by atoms with Gasteiger partial charge in [-0.05, 0) is 131 Å². The molecule has 5 aromatic rings. The molecule has 0 spiro atoms. The largest absolute Gasteiger partial charge is 0.748 e. The van der Waals surface area contributed by atoms with Crippen molar-refractivity contribution in [2.75, 3.05) is 103 Å². The maximum Gasteiger partial charge on any atom is 0.338 e. The number of benzene rings is 5. The van der Waals surface area contributed by atoms with E-state index in [1.165, 1.54) is 43.5 Å². The van der Waals surface area contributed by atoms with Gasteiger partial charge in [-0.15, -0.1) is 0 Å². The standard InChI is InChI=1S/C67H83N4O20PS4/c1-66(32-17-45-93(75,76)77)56-48-53(95(81,82)83)27-30-58(56)70(36-16-8-15-25-63(72)68-34-35-69-64(73)50-26-29-55(65(74)88-4)60(47-50)92(51-19-9-5-10-20-51)52-21-11-6-12-22-52)61(66)23-13-7-14-24-62-67(2,33-18-46-94(78,79)80)57-49-54(96(84,85)86)28-31-59(57)71(62)37-38-89-41-42-91-44-43-90-40-39-87-3/h5-7,9-14,19-24,26-31,47-49H,8,15-18,25,32-46H2,1-4H3,(H5-,68,69,72,73,75,76,77,78,79,80,81,82,83,84,85,86)/p-1. The molecule has 7 rings (SSSR count).